The maximum atomic E-state index is 5.82. The van der Waals surface area contributed by atoms with E-state index < -0.39 is 0 Å². The smallest absolute Gasteiger partial charge is 0.209 e. The predicted molar refractivity (Wildman–Crippen MR) is 68.2 cm³/mol. The van der Waals surface area contributed by atoms with Crippen LogP contribution in [-0.4, -0.2) is 21.1 Å². The van der Waals surface area contributed by atoms with Crippen molar-refractivity contribution in [2.75, 3.05) is 12.1 Å². The van der Waals surface area contributed by atoms with E-state index in [1.54, 1.807) is 0 Å². The third-order valence-corrected chi connectivity index (χ3v) is 3.13. The number of nitrogen functional groups attached to an aromatic ring is 1. The van der Waals surface area contributed by atoms with Crippen LogP contribution >= 0.6 is 24.0 Å². The Labute approximate surface area is 102 Å². The number of hydrogen-bond donors (Lipinski definition) is 1. The number of nitrogens with zero attached hydrogens (tertiary/aromatic N) is 3. The van der Waals surface area contributed by atoms with E-state index in [1.165, 1.54) is 16.4 Å². The van der Waals surface area contributed by atoms with Gasteiger partial charge in [-0.25, -0.2) is 4.68 Å². The van der Waals surface area contributed by atoms with Crippen molar-refractivity contribution in [2.24, 2.45) is 0 Å². The molecule has 0 amide bonds. The number of aromatic nitrogens is 3. The SMILES string of the molecule is CSc1nnc(-c2ccccc2)c(=S)n1N. The van der Waals surface area contributed by atoms with Gasteiger partial charge >= 0.3 is 0 Å². The third-order valence-electron chi connectivity index (χ3n) is 2.09. The van der Waals surface area contributed by atoms with Crippen LogP contribution in [0.5, 0.6) is 0 Å². The van der Waals surface area contributed by atoms with E-state index in [9.17, 15) is 0 Å². The summed E-state index contributed by atoms with van der Waals surface area (Å²) in [6.45, 7) is 0. The topological polar surface area (TPSA) is 56.7 Å². The standard InChI is InChI=1S/C10H10N4S2/c1-16-10-13-12-8(9(15)14(10)11)7-5-3-2-4-6-7/h2-6H,11H2,1H3. The van der Waals surface area contributed by atoms with E-state index >= 15 is 0 Å². The average molecular weight is 250 g/mol. The highest BCUT2D eigenvalue weighted by Crippen LogP contribution is 2.18. The van der Waals surface area contributed by atoms with Crippen molar-refractivity contribution in [1.82, 2.24) is 14.9 Å². The summed E-state index contributed by atoms with van der Waals surface area (Å²) in [5.41, 5.74) is 1.56. The van der Waals surface area contributed by atoms with Gasteiger partial charge in [0.1, 0.15) is 5.69 Å². The van der Waals surface area contributed by atoms with Crippen molar-refractivity contribution >= 4 is 24.0 Å². The van der Waals surface area contributed by atoms with Crippen LogP contribution in [0.2, 0.25) is 0 Å². The zero-order valence-corrected chi connectivity index (χ0v) is 10.3. The molecule has 0 unspecified atom stereocenters. The van der Waals surface area contributed by atoms with Crippen LogP contribution in [0.3, 0.4) is 0 Å². The Bertz CT molecular complexity index is 550. The first-order valence-electron chi connectivity index (χ1n) is 4.58. The van der Waals surface area contributed by atoms with Crippen molar-refractivity contribution in [3.63, 3.8) is 0 Å². The summed E-state index contributed by atoms with van der Waals surface area (Å²) < 4.78 is 1.88. The van der Waals surface area contributed by atoms with Crippen LogP contribution in [0.15, 0.2) is 35.5 Å². The molecule has 0 aliphatic rings. The molecule has 0 saturated heterocycles. The highest BCUT2D eigenvalue weighted by atomic mass is 32.2. The Morgan fingerprint density at radius 3 is 2.56 bits per heavy atom. The Morgan fingerprint density at radius 1 is 1.25 bits per heavy atom. The van der Waals surface area contributed by atoms with Gasteiger partial charge in [0, 0.05) is 5.56 Å². The summed E-state index contributed by atoms with van der Waals surface area (Å²) in [6.07, 6.45) is 1.88. The highest BCUT2D eigenvalue weighted by molar-refractivity contribution is 7.98. The molecule has 2 rings (SSSR count). The van der Waals surface area contributed by atoms with Crippen molar-refractivity contribution in [3.05, 3.63) is 35.0 Å². The first kappa shape index (κ1) is 11.1. The Balaban J connectivity index is 2.61. The molecule has 0 bridgehead atoms. The van der Waals surface area contributed by atoms with Gasteiger partial charge in [-0.05, 0) is 6.26 Å². The maximum Gasteiger partial charge on any atom is 0.209 e. The number of rotatable bonds is 2. The first-order valence-corrected chi connectivity index (χ1v) is 6.21. The van der Waals surface area contributed by atoms with E-state index in [2.05, 4.69) is 10.2 Å². The fourth-order valence-corrected chi connectivity index (χ4v) is 2.01. The van der Waals surface area contributed by atoms with Crippen molar-refractivity contribution in [2.45, 2.75) is 5.16 Å². The van der Waals surface area contributed by atoms with E-state index in [0.717, 1.165) is 5.56 Å². The van der Waals surface area contributed by atoms with Gasteiger partial charge in [-0.3, -0.25) is 0 Å². The van der Waals surface area contributed by atoms with Crippen molar-refractivity contribution in [1.29, 1.82) is 0 Å². The van der Waals surface area contributed by atoms with Gasteiger partial charge in [0.25, 0.3) is 0 Å². The Kier molecular flexibility index (Phi) is 3.21. The molecule has 4 nitrogen and oxygen atoms in total. The minimum Gasteiger partial charge on any atom is -0.336 e. The van der Waals surface area contributed by atoms with Gasteiger partial charge in [0.2, 0.25) is 5.16 Å². The zero-order chi connectivity index (χ0) is 11.5. The number of nitrogens with two attached hydrogens (primary N) is 1. The van der Waals surface area contributed by atoms with E-state index in [0.29, 0.717) is 15.5 Å². The summed E-state index contributed by atoms with van der Waals surface area (Å²) >= 11 is 6.66. The lowest BCUT2D eigenvalue weighted by Gasteiger charge is -2.07. The summed E-state index contributed by atoms with van der Waals surface area (Å²) in [7, 11) is 0. The van der Waals surface area contributed by atoms with Crippen LogP contribution in [0.1, 0.15) is 0 Å². The molecule has 2 N–H and O–H groups in total. The summed E-state index contributed by atoms with van der Waals surface area (Å²) in [5.74, 6) is 5.82. The summed E-state index contributed by atoms with van der Waals surface area (Å²) in [6, 6.07) is 9.65. The molecule has 0 radical (unpaired) electrons. The maximum absolute atomic E-state index is 5.82. The predicted octanol–water partition coefficient (Wildman–Crippen LogP) is 2.11. The average Bonchev–Trinajstić information content (AvgIpc) is 2.34. The summed E-state index contributed by atoms with van der Waals surface area (Å²) in [4.78, 5) is 0. The van der Waals surface area contributed by atoms with Crippen LogP contribution in [-0.2, 0) is 0 Å². The fourth-order valence-electron chi connectivity index (χ4n) is 1.30. The van der Waals surface area contributed by atoms with E-state index in [4.69, 9.17) is 18.1 Å². The molecule has 0 saturated carbocycles. The Hall–Kier alpha value is -1.40. The van der Waals surface area contributed by atoms with Crippen LogP contribution in [0.25, 0.3) is 11.3 Å². The second kappa shape index (κ2) is 4.63. The number of benzene rings is 1. The monoisotopic (exact) mass is 250 g/mol. The fraction of sp³-hybridized carbons (Fsp3) is 0.100. The molecule has 0 atom stereocenters. The zero-order valence-electron chi connectivity index (χ0n) is 8.62. The minimum absolute atomic E-state index is 0.491. The van der Waals surface area contributed by atoms with Gasteiger partial charge < -0.3 is 5.84 Å². The molecular weight excluding hydrogens is 240 g/mol. The first-order chi connectivity index (χ1) is 7.74. The van der Waals surface area contributed by atoms with Crippen LogP contribution in [0.4, 0.5) is 0 Å². The third kappa shape index (κ3) is 1.94. The lowest BCUT2D eigenvalue weighted by atomic mass is 10.2. The molecule has 6 heteroatoms. The molecule has 16 heavy (non-hydrogen) atoms. The number of thioether (sulfide) groups is 1. The van der Waals surface area contributed by atoms with Crippen LogP contribution < -0.4 is 5.84 Å². The lowest BCUT2D eigenvalue weighted by molar-refractivity contribution is 0.721. The number of hydrogen-bond acceptors (Lipinski definition) is 5. The molecule has 0 spiro atoms. The van der Waals surface area contributed by atoms with E-state index in [1.807, 2.05) is 36.6 Å². The molecule has 0 aliphatic heterocycles. The highest BCUT2D eigenvalue weighted by Gasteiger charge is 2.07. The minimum atomic E-state index is 0.491. The molecule has 2 aromatic rings. The van der Waals surface area contributed by atoms with Gasteiger partial charge in [-0.15, -0.1) is 10.2 Å². The second-order valence-electron chi connectivity index (χ2n) is 3.08. The lowest BCUT2D eigenvalue weighted by Crippen LogP contribution is -2.16. The molecule has 1 aromatic heterocycles. The van der Waals surface area contributed by atoms with Gasteiger partial charge in [0.05, 0.1) is 0 Å². The van der Waals surface area contributed by atoms with Crippen molar-refractivity contribution < 1.29 is 0 Å². The quantitative estimate of drug-likeness (QED) is 0.502. The molecule has 0 fully saturated rings. The summed E-state index contributed by atoms with van der Waals surface area (Å²) in [5, 5.41) is 8.72. The molecule has 1 aromatic carbocycles. The van der Waals surface area contributed by atoms with Gasteiger partial charge in [-0.2, -0.15) is 0 Å². The normalized spacial score (nSPS) is 10.3. The Morgan fingerprint density at radius 2 is 1.94 bits per heavy atom. The van der Waals surface area contributed by atoms with E-state index in [-0.39, 0.29) is 0 Å². The van der Waals surface area contributed by atoms with Crippen molar-refractivity contribution in [3.8, 4) is 11.3 Å². The largest absolute Gasteiger partial charge is 0.336 e. The van der Waals surface area contributed by atoms with Gasteiger partial charge in [-0.1, -0.05) is 54.3 Å². The van der Waals surface area contributed by atoms with Crippen LogP contribution in [0, 0.1) is 4.64 Å². The molecule has 0 aliphatic carbocycles. The molecule has 1 heterocycles. The molecule has 82 valence electrons. The van der Waals surface area contributed by atoms with Gasteiger partial charge in [0.15, 0.2) is 4.64 Å². The second-order valence-corrected chi connectivity index (χ2v) is 4.24. The molecular formula is C10H10N4S2.